The Morgan fingerprint density at radius 1 is 1.28 bits per heavy atom. The Bertz CT molecular complexity index is 605. The van der Waals surface area contributed by atoms with Crippen molar-refractivity contribution in [3.63, 3.8) is 0 Å². The van der Waals surface area contributed by atoms with Crippen LogP contribution >= 0.6 is 0 Å². The van der Waals surface area contributed by atoms with Gasteiger partial charge in [-0.05, 0) is 35.6 Å². The molecule has 0 saturated carbocycles. The number of benzene rings is 1. The largest absolute Gasteiger partial charge is 0.497 e. The van der Waals surface area contributed by atoms with Crippen LogP contribution in [-0.4, -0.2) is 17.1 Å². The van der Waals surface area contributed by atoms with Crippen LogP contribution in [0.5, 0.6) is 5.75 Å². The third-order valence-corrected chi connectivity index (χ3v) is 3.64. The van der Waals surface area contributed by atoms with Crippen LogP contribution in [-0.2, 0) is 11.8 Å². The highest BCUT2D eigenvalue weighted by Gasteiger charge is 2.32. The van der Waals surface area contributed by atoms with Crippen molar-refractivity contribution in [3.05, 3.63) is 41.9 Å². The van der Waals surface area contributed by atoms with Crippen LogP contribution in [0.2, 0.25) is 0 Å². The molecule has 0 bridgehead atoms. The average molecular weight is 240 g/mol. The minimum Gasteiger partial charge on any atom is -0.497 e. The minimum atomic E-state index is 0.0654. The lowest BCUT2D eigenvalue weighted by Gasteiger charge is -2.32. The van der Waals surface area contributed by atoms with Gasteiger partial charge >= 0.3 is 0 Å². The molecular formula is C15H16N2O. The van der Waals surface area contributed by atoms with Crippen LogP contribution in [0.15, 0.2) is 30.7 Å². The molecule has 3 rings (SSSR count). The Labute approximate surface area is 107 Å². The zero-order valence-electron chi connectivity index (χ0n) is 10.9. The van der Waals surface area contributed by atoms with Gasteiger partial charge in [-0.3, -0.25) is 0 Å². The summed E-state index contributed by atoms with van der Waals surface area (Å²) >= 11 is 0. The minimum absolute atomic E-state index is 0.0654. The van der Waals surface area contributed by atoms with Crippen molar-refractivity contribution in [1.29, 1.82) is 0 Å². The van der Waals surface area contributed by atoms with E-state index in [0.717, 1.165) is 17.9 Å². The lowest BCUT2D eigenvalue weighted by Crippen LogP contribution is -2.26. The molecule has 92 valence electrons. The van der Waals surface area contributed by atoms with Crippen molar-refractivity contribution in [2.75, 3.05) is 7.11 Å². The number of ether oxygens (including phenoxy) is 1. The van der Waals surface area contributed by atoms with E-state index >= 15 is 0 Å². The van der Waals surface area contributed by atoms with Gasteiger partial charge < -0.3 is 4.74 Å². The molecule has 0 aliphatic heterocycles. The Kier molecular flexibility index (Phi) is 2.37. The number of methoxy groups -OCH3 is 1. The van der Waals surface area contributed by atoms with E-state index in [1.54, 1.807) is 13.4 Å². The molecule has 1 aromatic heterocycles. The first-order chi connectivity index (χ1) is 8.62. The van der Waals surface area contributed by atoms with Crippen molar-refractivity contribution in [1.82, 2.24) is 9.97 Å². The van der Waals surface area contributed by atoms with Crippen molar-refractivity contribution < 1.29 is 4.74 Å². The maximum Gasteiger partial charge on any atom is 0.119 e. The molecule has 1 aromatic carbocycles. The lowest BCUT2D eigenvalue weighted by molar-refractivity contribution is 0.413. The van der Waals surface area contributed by atoms with Gasteiger partial charge in [0, 0.05) is 17.3 Å². The summed E-state index contributed by atoms with van der Waals surface area (Å²) in [5, 5.41) is 0. The first kappa shape index (κ1) is 11.2. The van der Waals surface area contributed by atoms with Gasteiger partial charge in [-0.2, -0.15) is 0 Å². The highest BCUT2D eigenvalue weighted by molar-refractivity contribution is 5.72. The molecule has 0 amide bonds. The summed E-state index contributed by atoms with van der Waals surface area (Å²) in [4.78, 5) is 8.62. The maximum atomic E-state index is 5.30. The number of aromatic nitrogens is 2. The molecule has 0 N–H and O–H groups in total. The number of hydrogen-bond donors (Lipinski definition) is 0. The molecule has 1 aliphatic carbocycles. The van der Waals surface area contributed by atoms with Crippen molar-refractivity contribution in [2.45, 2.75) is 25.7 Å². The summed E-state index contributed by atoms with van der Waals surface area (Å²) in [6, 6.07) is 6.19. The molecule has 3 heteroatoms. The van der Waals surface area contributed by atoms with Gasteiger partial charge in [0.2, 0.25) is 0 Å². The quantitative estimate of drug-likeness (QED) is 0.768. The Morgan fingerprint density at radius 3 is 2.89 bits per heavy atom. The predicted octanol–water partition coefficient (Wildman–Crippen LogP) is 2.99. The number of nitrogens with zero attached hydrogens (tertiary/aromatic N) is 2. The Hall–Kier alpha value is -1.90. The van der Waals surface area contributed by atoms with Gasteiger partial charge in [0.1, 0.15) is 12.1 Å². The molecule has 0 unspecified atom stereocenters. The van der Waals surface area contributed by atoms with Crippen molar-refractivity contribution in [2.24, 2.45) is 0 Å². The third-order valence-electron chi connectivity index (χ3n) is 3.64. The highest BCUT2D eigenvalue weighted by Crippen LogP contribution is 2.42. The molecular weight excluding hydrogens is 224 g/mol. The number of rotatable bonds is 1. The van der Waals surface area contributed by atoms with Gasteiger partial charge in [0.25, 0.3) is 0 Å². The van der Waals surface area contributed by atoms with Crippen LogP contribution in [0.25, 0.3) is 11.3 Å². The van der Waals surface area contributed by atoms with Crippen molar-refractivity contribution in [3.8, 4) is 17.0 Å². The fraction of sp³-hybridized carbons (Fsp3) is 0.333. The summed E-state index contributed by atoms with van der Waals surface area (Å²) in [7, 11) is 1.70. The first-order valence-corrected chi connectivity index (χ1v) is 6.09. The fourth-order valence-corrected chi connectivity index (χ4v) is 2.69. The smallest absolute Gasteiger partial charge is 0.119 e. The molecule has 0 radical (unpaired) electrons. The second kappa shape index (κ2) is 3.80. The molecule has 18 heavy (non-hydrogen) atoms. The fourth-order valence-electron chi connectivity index (χ4n) is 2.69. The molecule has 0 fully saturated rings. The van der Waals surface area contributed by atoms with Crippen LogP contribution < -0.4 is 4.74 Å². The molecule has 0 atom stereocenters. The van der Waals surface area contributed by atoms with Crippen LogP contribution in [0.1, 0.15) is 25.0 Å². The summed E-state index contributed by atoms with van der Waals surface area (Å²) in [5.74, 6) is 0.905. The van der Waals surface area contributed by atoms with E-state index < -0.39 is 0 Å². The van der Waals surface area contributed by atoms with Gasteiger partial charge in [0.15, 0.2) is 0 Å². The summed E-state index contributed by atoms with van der Waals surface area (Å²) in [5.41, 5.74) is 4.84. The van der Waals surface area contributed by atoms with Gasteiger partial charge in [-0.15, -0.1) is 0 Å². The van der Waals surface area contributed by atoms with Gasteiger partial charge in [-0.25, -0.2) is 9.97 Å². The molecule has 1 heterocycles. The van der Waals surface area contributed by atoms with Gasteiger partial charge in [0.05, 0.1) is 12.8 Å². The Balaban J connectivity index is 2.25. The predicted molar refractivity (Wildman–Crippen MR) is 70.8 cm³/mol. The number of hydrogen-bond acceptors (Lipinski definition) is 3. The number of fused-ring (bicyclic) bond motifs is 3. The molecule has 1 aliphatic rings. The lowest BCUT2D eigenvalue weighted by atomic mass is 9.72. The molecule has 3 nitrogen and oxygen atoms in total. The SMILES string of the molecule is COc1ccc2c(c1)CC(C)(C)c1cncnc1-2. The third kappa shape index (κ3) is 1.58. The monoisotopic (exact) mass is 240 g/mol. The zero-order chi connectivity index (χ0) is 12.8. The second-order valence-corrected chi connectivity index (χ2v) is 5.37. The topological polar surface area (TPSA) is 35.0 Å². The first-order valence-electron chi connectivity index (χ1n) is 6.09. The van der Waals surface area contributed by atoms with Crippen molar-refractivity contribution >= 4 is 0 Å². The second-order valence-electron chi connectivity index (χ2n) is 5.37. The van der Waals surface area contributed by atoms with Gasteiger partial charge in [-0.1, -0.05) is 13.8 Å². The standard InChI is InChI=1S/C15H16N2O/c1-15(2)7-10-6-11(18-3)4-5-12(10)14-13(15)8-16-9-17-14/h4-6,8-9H,7H2,1-3H3. The maximum absolute atomic E-state index is 5.30. The van der Waals surface area contributed by atoms with E-state index in [1.165, 1.54) is 16.7 Å². The van der Waals surface area contributed by atoms with Crippen LogP contribution in [0, 0.1) is 0 Å². The Morgan fingerprint density at radius 2 is 2.11 bits per heavy atom. The zero-order valence-corrected chi connectivity index (χ0v) is 10.9. The van der Waals surface area contributed by atoms with E-state index in [4.69, 9.17) is 4.74 Å². The summed E-state index contributed by atoms with van der Waals surface area (Å²) in [6.45, 7) is 4.47. The van der Waals surface area contributed by atoms with E-state index in [0.29, 0.717) is 0 Å². The molecule has 0 spiro atoms. The van der Waals surface area contributed by atoms with E-state index in [9.17, 15) is 0 Å². The normalized spacial score (nSPS) is 15.7. The van der Waals surface area contributed by atoms with E-state index in [-0.39, 0.29) is 5.41 Å². The summed E-state index contributed by atoms with van der Waals surface area (Å²) < 4.78 is 5.30. The summed E-state index contributed by atoms with van der Waals surface area (Å²) in [6.07, 6.45) is 4.55. The molecule has 0 saturated heterocycles. The molecule has 2 aromatic rings. The van der Waals surface area contributed by atoms with Crippen LogP contribution in [0.3, 0.4) is 0 Å². The van der Waals surface area contributed by atoms with E-state index in [2.05, 4.69) is 35.9 Å². The van der Waals surface area contributed by atoms with E-state index in [1.807, 2.05) is 12.3 Å². The average Bonchev–Trinajstić information content (AvgIpc) is 2.38. The van der Waals surface area contributed by atoms with Crippen LogP contribution in [0.4, 0.5) is 0 Å². The highest BCUT2D eigenvalue weighted by atomic mass is 16.5.